The van der Waals surface area contributed by atoms with Crippen molar-refractivity contribution in [2.45, 2.75) is 37.4 Å². The molecule has 0 aromatic rings. The third-order valence-electron chi connectivity index (χ3n) is 2.06. The van der Waals surface area contributed by atoms with Crippen molar-refractivity contribution in [3.8, 4) is 0 Å². The molecule has 13 heavy (non-hydrogen) atoms. The van der Waals surface area contributed by atoms with Crippen molar-refractivity contribution in [3.63, 3.8) is 0 Å². The summed E-state index contributed by atoms with van der Waals surface area (Å²) in [6.07, 6.45) is -4.69. The van der Waals surface area contributed by atoms with E-state index in [1.807, 2.05) is 0 Å². The Balaban J connectivity index is 2.81. The average molecular weight is 192 g/mol. The predicted octanol–water partition coefficient (Wildman–Crippen LogP) is -1.71. The van der Waals surface area contributed by atoms with Crippen molar-refractivity contribution in [1.82, 2.24) is 0 Å². The van der Waals surface area contributed by atoms with Crippen LogP contribution in [-0.2, 0) is 9.53 Å². The predicted molar refractivity (Wildman–Crippen MR) is 39.8 cm³/mol. The number of carboxylic acid groups (broad SMARTS) is 1. The molecule has 1 fully saturated rings. The molecule has 0 bridgehead atoms. The molecule has 1 aliphatic heterocycles. The second-order valence-electron chi connectivity index (χ2n) is 3.36. The summed E-state index contributed by atoms with van der Waals surface area (Å²) in [6.45, 7) is 1.25. The highest BCUT2D eigenvalue weighted by Crippen LogP contribution is 2.27. The maximum atomic E-state index is 10.5. The molecular weight excluding hydrogens is 180 g/mol. The van der Waals surface area contributed by atoms with E-state index in [0.29, 0.717) is 0 Å². The van der Waals surface area contributed by atoms with E-state index in [-0.39, 0.29) is 6.42 Å². The molecule has 1 heterocycles. The zero-order chi connectivity index (χ0) is 10.2. The SMILES string of the molecule is CC1(O)C[C@@H](O)OC(C(=O)O)C1O. The number of rotatable bonds is 1. The second-order valence-corrected chi connectivity index (χ2v) is 3.36. The summed E-state index contributed by atoms with van der Waals surface area (Å²) in [7, 11) is 0. The van der Waals surface area contributed by atoms with E-state index in [1.54, 1.807) is 0 Å². The second kappa shape index (κ2) is 3.22. The van der Waals surface area contributed by atoms with Gasteiger partial charge in [0.25, 0.3) is 0 Å². The van der Waals surface area contributed by atoms with Gasteiger partial charge in [0.2, 0.25) is 0 Å². The minimum atomic E-state index is -1.64. The number of hydrogen-bond donors (Lipinski definition) is 4. The third-order valence-corrected chi connectivity index (χ3v) is 2.06. The van der Waals surface area contributed by atoms with E-state index < -0.39 is 30.1 Å². The highest BCUT2D eigenvalue weighted by atomic mass is 16.6. The Labute approximate surface area is 74.4 Å². The Hall–Kier alpha value is -0.690. The maximum absolute atomic E-state index is 10.5. The van der Waals surface area contributed by atoms with Gasteiger partial charge in [-0.15, -0.1) is 0 Å². The summed E-state index contributed by atoms with van der Waals surface area (Å²) in [4.78, 5) is 10.5. The topological polar surface area (TPSA) is 107 Å². The van der Waals surface area contributed by atoms with Crippen LogP contribution in [0.3, 0.4) is 0 Å². The average Bonchev–Trinajstić information content (AvgIpc) is 1.95. The lowest BCUT2D eigenvalue weighted by molar-refractivity contribution is -0.261. The van der Waals surface area contributed by atoms with Gasteiger partial charge in [0.15, 0.2) is 12.4 Å². The van der Waals surface area contributed by atoms with Gasteiger partial charge in [-0.2, -0.15) is 0 Å². The quantitative estimate of drug-likeness (QED) is 0.394. The zero-order valence-corrected chi connectivity index (χ0v) is 7.04. The largest absolute Gasteiger partial charge is 0.479 e. The van der Waals surface area contributed by atoms with E-state index in [2.05, 4.69) is 4.74 Å². The van der Waals surface area contributed by atoms with Crippen LogP contribution < -0.4 is 0 Å². The molecular formula is C7H12O6. The molecule has 4 N–H and O–H groups in total. The minimum absolute atomic E-state index is 0.210. The van der Waals surface area contributed by atoms with Gasteiger partial charge in [0.1, 0.15) is 6.10 Å². The molecule has 6 heteroatoms. The van der Waals surface area contributed by atoms with Crippen LogP contribution in [0.4, 0.5) is 0 Å². The molecule has 76 valence electrons. The van der Waals surface area contributed by atoms with Gasteiger partial charge in [-0.1, -0.05) is 0 Å². The van der Waals surface area contributed by atoms with Crippen LogP contribution in [0, 0.1) is 0 Å². The molecule has 0 radical (unpaired) electrons. The molecule has 0 spiro atoms. The minimum Gasteiger partial charge on any atom is -0.479 e. The molecule has 1 aliphatic rings. The Morgan fingerprint density at radius 3 is 2.54 bits per heavy atom. The van der Waals surface area contributed by atoms with Crippen molar-refractivity contribution in [1.29, 1.82) is 0 Å². The highest BCUT2D eigenvalue weighted by molar-refractivity contribution is 5.73. The van der Waals surface area contributed by atoms with Crippen LogP contribution in [-0.4, -0.2) is 50.5 Å². The van der Waals surface area contributed by atoms with Gasteiger partial charge < -0.3 is 25.2 Å². The van der Waals surface area contributed by atoms with E-state index in [0.717, 1.165) is 0 Å². The van der Waals surface area contributed by atoms with Gasteiger partial charge in [-0.3, -0.25) is 0 Å². The summed E-state index contributed by atoms with van der Waals surface area (Å²) in [6, 6.07) is 0. The number of aliphatic hydroxyl groups excluding tert-OH is 2. The molecule has 1 saturated heterocycles. The molecule has 4 atom stereocenters. The van der Waals surface area contributed by atoms with Crippen LogP contribution in [0.5, 0.6) is 0 Å². The van der Waals surface area contributed by atoms with E-state index in [4.69, 9.17) is 10.2 Å². The Bertz CT molecular complexity index is 213. The molecule has 0 aliphatic carbocycles. The van der Waals surface area contributed by atoms with Crippen molar-refractivity contribution >= 4 is 5.97 Å². The van der Waals surface area contributed by atoms with Gasteiger partial charge in [0, 0.05) is 6.42 Å². The molecule has 0 aromatic carbocycles. The fourth-order valence-corrected chi connectivity index (χ4v) is 1.29. The summed E-state index contributed by atoms with van der Waals surface area (Å²) < 4.78 is 4.54. The third kappa shape index (κ3) is 1.97. The summed E-state index contributed by atoms with van der Waals surface area (Å²) in [5.41, 5.74) is -1.64. The molecule has 6 nitrogen and oxygen atoms in total. The van der Waals surface area contributed by atoms with Crippen LogP contribution in [0.1, 0.15) is 13.3 Å². The van der Waals surface area contributed by atoms with E-state index in [9.17, 15) is 15.0 Å². The molecule has 0 saturated carbocycles. The van der Waals surface area contributed by atoms with E-state index >= 15 is 0 Å². The number of carboxylic acids is 1. The van der Waals surface area contributed by atoms with Crippen LogP contribution in [0.2, 0.25) is 0 Å². The van der Waals surface area contributed by atoms with Crippen molar-refractivity contribution in [2.75, 3.05) is 0 Å². The van der Waals surface area contributed by atoms with Gasteiger partial charge >= 0.3 is 5.97 Å². The normalized spacial score (nSPS) is 46.0. The summed E-state index contributed by atoms with van der Waals surface area (Å²) >= 11 is 0. The van der Waals surface area contributed by atoms with Crippen molar-refractivity contribution in [2.24, 2.45) is 0 Å². The lowest BCUT2D eigenvalue weighted by Crippen LogP contribution is -2.58. The number of aliphatic hydroxyl groups is 3. The van der Waals surface area contributed by atoms with Crippen LogP contribution >= 0.6 is 0 Å². The van der Waals surface area contributed by atoms with Crippen LogP contribution in [0.25, 0.3) is 0 Å². The number of carbonyl (C=O) groups is 1. The zero-order valence-electron chi connectivity index (χ0n) is 7.04. The summed E-state index contributed by atoms with van der Waals surface area (Å²) in [5.74, 6) is -1.41. The molecule has 0 aromatic heterocycles. The van der Waals surface area contributed by atoms with Gasteiger partial charge in [0.05, 0.1) is 5.60 Å². The van der Waals surface area contributed by atoms with Crippen molar-refractivity contribution in [3.05, 3.63) is 0 Å². The van der Waals surface area contributed by atoms with E-state index in [1.165, 1.54) is 6.92 Å². The standard InChI is InChI=1S/C7H12O6/c1-7(12)2-3(8)13-4(5(7)9)6(10)11/h3-5,8-9,12H,2H2,1H3,(H,10,11)/t3-,4?,5?,7?/m0/s1. The first-order valence-electron chi connectivity index (χ1n) is 3.81. The fourth-order valence-electron chi connectivity index (χ4n) is 1.29. The lowest BCUT2D eigenvalue weighted by atomic mass is 9.88. The molecule has 1 rings (SSSR count). The Morgan fingerprint density at radius 1 is 1.54 bits per heavy atom. The first kappa shape index (κ1) is 10.4. The van der Waals surface area contributed by atoms with Crippen molar-refractivity contribution < 1.29 is 30.0 Å². The van der Waals surface area contributed by atoms with Gasteiger partial charge in [-0.25, -0.2) is 4.79 Å². The lowest BCUT2D eigenvalue weighted by Gasteiger charge is -2.39. The summed E-state index contributed by atoms with van der Waals surface area (Å²) in [5, 5.41) is 36.4. The number of ether oxygens (including phenoxy) is 1. The monoisotopic (exact) mass is 192 g/mol. The van der Waals surface area contributed by atoms with Gasteiger partial charge in [-0.05, 0) is 6.92 Å². The van der Waals surface area contributed by atoms with Crippen LogP contribution in [0.15, 0.2) is 0 Å². The smallest absolute Gasteiger partial charge is 0.335 e. The molecule has 0 amide bonds. The maximum Gasteiger partial charge on any atom is 0.335 e. The first-order valence-corrected chi connectivity index (χ1v) is 3.81. The fraction of sp³-hybridized carbons (Fsp3) is 0.857. The molecule has 3 unspecified atom stereocenters. The Morgan fingerprint density at radius 2 is 2.08 bits per heavy atom. The number of aliphatic carboxylic acids is 1. The first-order chi connectivity index (χ1) is 5.84. The highest BCUT2D eigenvalue weighted by Gasteiger charge is 2.47. The number of hydrogen-bond acceptors (Lipinski definition) is 5. The Kier molecular flexibility index (Phi) is 2.58.